The Morgan fingerprint density at radius 3 is 0.969 bits per heavy atom. The molecular formula is C58H102O6. The van der Waals surface area contributed by atoms with Gasteiger partial charge >= 0.3 is 17.9 Å². The third kappa shape index (κ3) is 50.1. The average Bonchev–Trinajstić information content (AvgIpc) is 3.29. The first kappa shape index (κ1) is 61.1. The highest BCUT2D eigenvalue weighted by atomic mass is 16.6. The van der Waals surface area contributed by atoms with Crippen LogP contribution in [0.5, 0.6) is 0 Å². The van der Waals surface area contributed by atoms with Crippen molar-refractivity contribution in [3.05, 3.63) is 60.8 Å². The molecule has 0 aliphatic heterocycles. The molecule has 0 rings (SSSR count). The number of allylic oxidation sites excluding steroid dienone is 10. The number of hydrogen-bond acceptors (Lipinski definition) is 6. The fraction of sp³-hybridized carbons (Fsp3) is 0.776. The van der Waals surface area contributed by atoms with Crippen LogP contribution in [0.1, 0.15) is 271 Å². The molecule has 0 radical (unpaired) electrons. The molecule has 0 heterocycles. The molecule has 0 aliphatic rings. The first-order valence-electron chi connectivity index (χ1n) is 27.3. The van der Waals surface area contributed by atoms with Crippen molar-refractivity contribution in [1.82, 2.24) is 0 Å². The summed E-state index contributed by atoms with van der Waals surface area (Å²) in [6.07, 6.45) is 64.9. The Labute approximate surface area is 396 Å². The molecule has 0 aromatic heterocycles. The van der Waals surface area contributed by atoms with Crippen molar-refractivity contribution in [1.29, 1.82) is 0 Å². The minimum absolute atomic E-state index is 0.0838. The van der Waals surface area contributed by atoms with Crippen LogP contribution in [0.3, 0.4) is 0 Å². The Morgan fingerprint density at radius 1 is 0.312 bits per heavy atom. The van der Waals surface area contributed by atoms with Gasteiger partial charge in [-0.3, -0.25) is 14.4 Å². The lowest BCUT2D eigenvalue weighted by atomic mass is 10.1. The molecular weight excluding hydrogens is 793 g/mol. The third-order valence-electron chi connectivity index (χ3n) is 11.7. The molecule has 6 heteroatoms. The largest absolute Gasteiger partial charge is 0.462 e. The Morgan fingerprint density at radius 2 is 0.594 bits per heavy atom. The quantitative estimate of drug-likeness (QED) is 0.0262. The van der Waals surface area contributed by atoms with E-state index in [4.69, 9.17) is 14.2 Å². The van der Waals surface area contributed by atoms with Gasteiger partial charge in [0.2, 0.25) is 0 Å². The van der Waals surface area contributed by atoms with E-state index >= 15 is 0 Å². The van der Waals surface area contributed by atoms with Gasteiger partial charge < -0.3 is 14.2 Å². The van der Waals surface area contributed by atoms with Crippen molar-refractivity contribution < 1.29 is 28.6 Å². The smallest absolute Gasteiger partial charge is 0.306 e. The second-order valence-corrected chi connectivity index (χ2v) is 18.1. The topological polar surface area (TPSA) is 78.9 Å². The summed E-state index contributed by atoms with van der Waals surface area (Å²) in [5.74, 6) is -0.905. The molecule has 0 aliphatic carbocycles. The lowest BCUT2D eigenvalue weighted by molar-refractivity contribution is -0.167. The summed E-state index contributed by atoms with van der Waals surface area (Å²) in [6, 6.07) is 0. The molecule has 0 bridgehead atoms. The van der Waals surface area contributed by atoms with E-state index < -0.39 is 6.10 Å². The van der Waals surface area contributed by atoms with Gasteiger partial charge in [0.15, 0.2) is 6.10 Å². The standard InChI is InChI=1S/C58H102O6/c1-4-7-10-13-16-19-22-25-27-28-29-30-31-34-36-39-42-45-48-51-57(60)63-54-55(53-62-56(59)50-47-44-41-38-35-32-24-21-18-15-12-9-6-3)64-58(61)52-49-46-43-40-37-33-26-23-20-17-14-11-8-5-2/h12,15-16,19,21,23-27,55H,4-11,13-14,17-18,20,22,28-54H2,1-3H3/b15-12-,19-16-,24-21-,26-23-,27-25-. The first-order valence-corrected chi connectivity index (χ1v) is 27.3. The van der Waals surface area contributed by atoms with Crippen molar-refractivity contribution in [2.45, 2.75) is 277 Å². The number of carbonyl (C=O) groups is 3. The molecule has 0 aromatic carbocycles. The average molecular weight is 895 g/mol. The van der Waals surface area contributed by atoms with Gasteiger partial charge in [-0.25, -0.2) is 0 Å². The maximum absolute atomic E-state index is 12.8. The van der Waals surface area contributed by atoms with Gasteiger partial charge in [0.25, 0.3) is 0 Å². The zero-order chi connectivity index (χ0) is 46.5. The minimum atomic E-state index is -0.785. The summed E-state index contributed by atoms with van der Waals surface area (Å²) in [5, 5.41) is 0. The molecule has 0 amide bonds. The molecule has 0 fully saturated rings. The lowest BCUT2D eigenvalue weighted by Gasteiger charge is -2.18. The number of ether oxygens (including phenoxy) is 3. The summed E-state index contributed by atoms with van der Waals surface area (Å²) in [5.41, 5.74) is 0. The van der Waals surface area contributed by atoms with Crippen molar-refractivity contribution in [2.75, 3.05) is 13.2 Å². The maximum atomic E-state index is 12.8. The molecule has 0 aromatic rings. The van der Waals surface area contributed by atoms with Crippen molar-refractivity contribution in [2.24, 2.45) is 0 Å². The predicted molar refractivity (Wildman–Crippen MR) is 275 cm³/mol. The molecule has 0 spiro atoms. The van der Waals surface area contributed by atoms with Crippen LogP contribution < -0.4 is 0 Å². The van der Waals surface area contributed by atoms with E-state index in [-0.39, 0.29) is 31.1 Å². The van der Waals surface area contributed by atoms with E-state index in [1.165, 1.54) is 128 Å². The van der Waals surface area contributed by atoms with Gasteiger partial charge in [-0.1, -0.05) is 210 Å². The first-order chi connectivity index (χ1) is 31.5. The fourth-order valence-electron chi connectivity index (χ4n) is 7.56. The highest BCUT2D eigenvalue weighted by Gasteiger charge is 2.19. The highest BCUT2D eigenvalue weighted by molar-refractivity contribution is 5.71. The molecule has 0 saturated carbocycles. The third-order valence-corrected chi connectivity index (χ3v) is 11.7. The SMILES string of the molecule is CCC/C=C\C/C=C\CCCCCCCC(=O)OCC(COC(=O)CCCCCCCCCCC/C=C\C/C=C\CCCCC)OC(=O)CCCCCCC/C=C\CCCCCCC. The van der Waals surface area contributed by atoms with Crippen LogP contribution in [0, 0.1) is 0 Å². The summed E-state index contributed by atoms with van der Waals surface area (Å²) < 4.78 is 16.8. The summed E-state index contributed by atoms with van der Waals surface area (Å²) in [4.78, 5) is 38.0. The number of hydrogen-bond donors (Lipinski definition) is 0. The summed E-state index contributed by atoms with van der Waals surface area (Å²) >= 11 is 0. The predicted octanol–water partition coefficient (Wildman–Crippen LogP) is 18.0. The van der Waals surface area contributed by atoms with Crippen LogP contribution in [-0.2, 0) is 28.6 Å². The Balaban J connectivity index is 4.37. The fourth-order valence-corrected chi connectivity index (χ4v) is 7.56. The minimum Gasteiger partial charge on any atom is -0.462 e. The molecule has 0 N–H and O–H groups in total. The van der Waals surface area contributed by atoms with Crippen LogP contribution in [0.25, 0.3) is 0 Å². The molecule has 64 heavy (non-hydrogen) atoms. The van der Waals surface area contributed by atoms with Gasteiger partial charge in [-0.05, 0) is 103 Å². The van der Waals surface area contributed by atoms with Gasteiger partial charge in [-0.2, -0.15) is 0 Å². The summed E-state index contributed by atoms with van der Waals surface area (Å²) in [6.45, 7) is 6.53. The number of rotatable bonds is 49. The number of carbonyl (C=O) groups excluding carboxylic acids is 3. The van der Waals surface area contributed by atoms with E-state index in [2.05, 4.69) is 81.5 Å². The van der Waals surface area contributed by atoms with E-state index in [0.29, 0.717) is 19.3 Å². The number of unbranched alkanes of at least 4 members (excludes halogenated alkanes) is 28. The maximum Gasteiger partial charge on any atom is 0.306 e. The monoisotopic (exact) mass is 895 g/mol. The van der Waals surface area contributed by atoms with Crippen LogP contribution in [-0.4, -0.2) is 37.2 Å². The van der Waals surface area contributed by atoms with Gasteiger partial charge in [0.1, 0.15) is 13.2 Å². The van der Waals surface area contributed by atoms with E-state index in [0.717, 1.165) is 103 Å². The number of esters is 3. The zero-order valence-corrected chi connectivity index (χ0v) is 42.3. The lowest BCUT2D eigenvalue weighted by Crippen LogP contribution is -2.30. The van der Waals surface area contributed by atoms with Gasteiger partial charge in [-0.15, -0.1) is 0 Å². The molecule has 1 atom stereocenters. The summed E-state index contributed by atoms with van der Waals surface area (Å²) in [7, 11) is 0. The Hall–Kier alpha value is -2.89. The highest BCUT2D eigenvalue weighted by Crippen LogP contribution is 2.15. The molecule has 6 nitrogen and oxygen atoms in total. The Bertz CT molecular complexity index is 1170. The Kier molecular flexibility index (Phi) is 50.4. The van der Waals surface area contributed by atoms with Crippen LogP contribution >= 0.6 is 0 Å². The van der Waals surface area contributed by atoms with E-state index in [9.17, 15) is 14.4 Å². The molecule has 1 unspecified atom stereocenters. The van der Waals surface area contributed by atoms with Crippen LogP contribution in [0.4, 0.5) is 0 Å². The van der Waals surface area contributed by atoms with Crippen molar-refractivity contribution in [3.63, 3.8) is 0 Å². The van der Waals surface area contributed by atoms with E-state index in [1.54, 1.807) is 0 Å². The van der Waals surface area contributed by atoms with Crippen LogP contribution in [0.15, 0.2) is 60.8 Å². The zero-order valence-electron chi connectivity index (χ0n) is 42.3. The normalized spacial score (nSPS) is 12.5. The van der Waals surface area contributed by atoms with E-state index in [1.807, 2.05) is 0 Å². The van der Waals surface area contributed by atoms with Gasteiger partial charge in [0, 0.05) is 19.3 Å². The second-order valence-electron chi connectivity index (χ2n) is 18.1. The van der Waals surface area contributed by atoms with Crippen molar-refractivity contribution in [3.8, 4) is 0 Å². The second kappa shape index (κ2) is 52.7. The molecule has 370 valence electrons. The van der Waals surface area contributed by atoms with Crippen molar-refractivity contribution >= 4 is 17.9 Å². The van der Waals surface area contributed by atoms with Gasteiger partial charge in [0.05, 0.1) is 0 Å². The molecule has 0 saturated heterocycles. The van der Waals surface area contributed by atoms with Crippen LogP contribution in [0.2, 0.25) is 0 Å².